The topological polar surface area (TPSA) is 66.4 Å². The lowest BCUT2D eigenvalue weighted by Crippen LogP contribution is -2.26. The fourth-order valence-electron chi connectivity index (χ4n) is 1.20. The lowest BCUT2D eigenvalue weighted by Gasteiger charge is -2.08. The van der Waals surface area contributed by atoms with Crippen LogP contribution in [0.25, 0.3) is 0 Å². The molecule has 0 bridgehead atoms. The van der Waals surface area contributed by atoms with E-state index < -0.39 is 5.97 Å². The first kappa shape index (κ1) is 13.9. The molecule has 0 aromatic rings. The molecule has 4 nitrogen and oxygen atoms in total. The Balaban J connectivity index is 3.46. The molecule has 0 rings (SSSR count). The van der Waals surface area contributed by atoms with Gasteiger partial charge in [0, 0.05) is 13.0 Å². The van der Waals surface area contributed by atoms with Gasteiger partial charge in [0.25, 0.3) is 0 Å². The van der Waals surface area contributed by atoms with Crippen molar-refractivity contribution in [1.82, 2.24) is 5.32 Å². The molecule has 0 saturated carbocycles. The Kier molecular flexibility index (Phi) is 6.75. The molecule has 0 aromatic carbocycles. The van der Waals surface area contributed by atoms with Crippen molar-refractivity contribution < 1.29 is 14.7 Å². The maximum atomic E-state index is 11.2. The molecule has 15 heavy (non-hydrogen) atoms. The quantitative estimate of drug-likeness (QED) is 0.634. The Hall–Kier alpha value is -1.06. The van der Waals surface area contributed by atoms with Crippen LogP contribution in [0.1, 0.15) is 40.0 Å². The zero-order chi connectivity index (χ0) is 11.8. The molecular formula is C11H21NO3. The summed E-state index contributed by atoms with van der Waals surface area (Å²) in [5.41, 5.74) is 0. The second-order valence-electron chi connectivity index (χ2n) is 4.33. The van der Waals surface area contributed by atoms with E-state index in [4.69, 9.17) is 5.11 Å². The minimum Gasteiger partial charge on any atom is -0.481 e. The van der Waals surface area contributed by atoms with Crippen LogP contribution in [-0.4, -0.2) is 23.5 Å². The van der Waals surface area contributed by atoms with E-state index in [-0.39, 0.29) is 11.8 Å². The summed E-state index contributed by atoms with van der Waals surface area (Å²) in [5.74, 6) is -0.688. The van der Waals surface area contributed by atoms with Crippen LogP contribution in [0.15, 0.2) is 0 Å². The van der Waals surface area contributed by atoms with E-state index in [0.29, 0.717) is 25.3 Å². The first-order chi connectivity index (χ1) is 6.93. The van der Waals surface area contributed by atoms with Crippen LogP contribution in [0, 0.1) is 11.8 Å². The number of hydrogen-bond donors (Lipinski definition) is 2. The summed E-state index contributed by atoms with van der Waals surface area (Å²) in [4.78, 5) is 21.7. The summed E-state index contributed by atoms with van der Waals surface area (Å²) in [6.45, 7) is 6.24. The van der Waals surface area contributed by atoms with Gasteiger partial charge in [0.05, 0.1) is 5.92 Å². The van der Waals surface area contributed by atoms with Gasteiger partial charge in [-0.1, -0.05) is 20.8 Å². The van der Waals surface area contributed by atoms with Gasteiger partial charge < -0.3 is 10.4 Å². The summed E-state index contributed by atoms with van der Waals surface area (Å²) in [6.07, 6.45) is 1.86. The minimum absolute atomic E-state index is 0.0491. The molecule has 0 heterocycles. The third-order valence-corrected chi connectivity index (χ3v) is 2.15. The van der Waals surface area contributed by atoms with Crippen molar-refractivity contribution in [2.75, 3.05) is 6.54 Å². The minimum atomic E-state index is -0.775. The number of carbonyl (C=O) groups excluding carboxylic acids is 1. The molecule has 1 amide bonds. The molecule has 0 spiro atoms. The van der Waals surface area contributed by atoms with Crippen LogP contribution in [-0.2, 0) is 9.59 Å². The molecule has 0 aromatic heterocycles. The van der Waals surface area contributed by atoms with Crippen molar-refractivity contribution in [2.45, 2.75) is 40.0 Å². The summed E-state index contributed by atoms with van der Waals surface area (Å²) in [6, 6.07) is 0. The highest BCUT2D eigenvalue weighted by molar-refractivity contribution is 5.76. The van der Waals surface area contributed by atoms with Crippen LogP contribution < -0.4 is 5.32 Å². The van der Waals surface area contributed by atoms with E-state index >= 15 is 0 Å². The van der Waals surface area contributed by atoms with Crippen LogP contribution in [0.4, 0.5) is 0 Å². The van der Waals surface area contributed by atoms with Crippen molar-refractivity contribution in [3.63, 3.8) is 0 Å². The number of rotatable bonds is 7. The molecule has 88 valence electrons. The molecule has 1 unspecified atom stereocenters. The normalized spacial score (nSPS) is 12.5. The van der Waals surface area contributed by atoms with Gasteiger partial charge in [0.2, 0.25) is 5.91 Å². The predicted octanol–water partition coefficient (Wildman–Crippen LogP) is 1.65. The number of nitrogens with one attached hydrogen (secondary N) is 1. The van der Waals surface area contributed by atoms with Crippen molar-refractivity contribution in [1.29, 1.82) is 0 Å². The molecule has 0 saturated heterocycles. The fraction of sp³-hybridized carbons (Fsp3) is 0.818. The second-order valence-corrected chi connectivity index (χ2v) is 4.33. The number of aliphatic carboxylic acids is 1. The van der Waals surface area contributed by atoms with Crippen LogP contribution in [0.5, 0.6) is 0 Å². The third kappa shape index (κ3) is 7.97. The van der Waals surface area contributed by atoms with Crippen LogP contribution in [0.2, 0.25) is 0 Å². The van der Waals surface area contributed by atoms with E-state index in [1.54, 1.807) is 6.92 Å². The van der Waals surface area contributed by atoms with E-state index in [1.807, 2.05) is 13.8 Å². The Bertz CT molecular complexity index is 214. The maximum Gasteiger partial charge on any atom is 0.306 e. The molecular weight excluding hydrogens is 194 g/mol. The zero-order valence-electron chi connectivity index (χ0n) is 9.75. The van der Waals surface area contributed by atoms with Crippen molar-refractivity contribution in [2.24, 2.45) is 11.8 Å². The fourth-order valence-corrected chi connectivity index (χ4v) is 1.20. The highest BCUT2D eigenvalue weighted by atomic mass is 16.4. The average Bonchev–Trinajstić information content (AvgIpc) is 2.10. The van der Waals surface area contributed by atoms with Gasteiger partial charge in [-0.05, 0) is 18.8 Å². The average molecular weight is 215 g/mol. The Morgan fingerprint density at radius 1 is 1.27 bits per heavy atom. The lowest BCUT2D eigenvalue weighted by atomic mass is 10.1. The van der Waals surface area contributed by atoms with E-state index in [9.17, 15) is 9.59 Å². The summed E-state index contributed by atoms with van der Waals surface area (Å²) < 4.78 is 0. The molecule has 0 aliphatic heterocycles. The first-order valence-corrected chi connectivity index (χ1v) is 5.43. The van der Waals surface area contributed by atoms with E-state index in [0.717, 1.165) is 6.42 Å². The van der Waals surface area contributed by atoms with Crippen LogP contribution >= 0.6 is 0 Å². The molecule has 0 fully saturated rings. The smallest absolute Gasteiger partial charge is 0.306 e. The third-order valence-electron chi connectivity index (χ3n) is 2.15. The standard InChI is InChI=1S/C11H21NO3/c1-8(2)7-10(13)12-6-4-5-9(3)11(14)15/h8-9H,4-7H2,1-3H3,(H,12,13)(H,14,15). The molecule has 0 aliphatic rings. The number of carboxylic acids is 1. The highest BCUT2D eigenvalue weighted by Crippen LogP contribution is 2.04. The number of amides is 1. The van der Waals surface area contributed by atoms with Gasteiger partial charge in [-0.15, -0.1) is 0 Å². The predicted molar refractivity (Wildman–Crippen MR) is 58.5 cm³/mol. The van der Waals surface area contributed by atoms with Gasteiger partial charge >= 0.3 is 5.97 Å². The zero-order valence-corrected chi connectivity index (χ0v) is 9.75. The number of carbonyl (C=O) groups is 2. The van der Waals surface area contributed by atoms with Crippen molar-refractivity contribution in [3.05, 3.63) is 0 Å². The Morgan fingerprint density at radius 3 is 2.33 bits per heavy atom. The molecule has 2 N–H and O–H groups in total. The summed E-state index contributed by atoms with van der Waals surface area (Å²) in [7, 11) is 0. The van der Waals surface area contributed by atoms with E-state index in [1.165, 1.54) is 0 Å². The second kappa shape index (κ2) is 7.26. The molecule has 1 atom stereocenters. The highest BCUT2D eigenvalue weighted by Gasteiger charge is 2.10. The first-order valence-electron chi connectivity index (χ1n) is 5.43. The Morgan fingerprint density at radius 2 is 1.87 bits per heavy atom. The number of carboxylic acid groups (broad SMARTS) is 1. The van der Waals surface area contributed by atoms with Gasteiger partial charge in [-0.2, -0.15) is 0 Å². The Labute approximate surface area is 91.1 Å². The molecule has 4 heteroatoms. The molecule has 0 radical (unpaired) electrons. The monoisotopic (exact) mass is 215 g/mol. The van der Waals surface area contributed by atoms with Gasteiger partial charge in [0.1, 0.15) is 0 Å². The van der Waals surface area contributed by atoms with Gasteiger partial charge in [-0.3, -0.25) is 9.59 Å². The summed E-state index contributed by atoms with van der Waals surface area (Å²) in [5, 5.41) is 11.4. The molecule has 0 aliphatic carbocycles. The lowest BCUT2D eigenvalue weighted by molar-refractivity contribution is -0.141. The van der Waals surface area contributed by atoms with Gasteiger partial charge in [0.15, 0.2) is 0 Å². The van der Waals surface area contributed by atoms with Crippen molar-refractivity contribution >= 4 is 11.9 Å². The van der Waals surface area contributed by atoms with Crippen LogP contribution in [0.3, 0.4) is 0 Å². The van der Waals surface area contributed by atoms with Gasteiger partial charge in [-0.25, -0.2) is 0 Å². The summed E-state index contributed by atoms with van der Waals surface area (Å²) >= 11 is 0. The number of hydrogen-bond acceptors (Lipinski definition) is 2. The maximum absolute atomic E-state index is 11.2. The largest absolute Gasteiger partial charge is 0.481 e. The van der Waals surface area contributed by atoms with Crippen molar-refractivity contribution in [3.8, 4) is 0 Å². The van der Waals surface area contributed by atoms with E-state index in [2.05, 4.69) is 5.32 Å². The SMILES string of the molecule is CC(C)CC(=O)NCCCC(C)C(=O)O.